The van der Waals surface area contributed by atoms with E-state index in [1.165, 1.54) is 0 Å². The molecule has 0 heterocycles. The van der Waals surface area contributed by atoms with Crippen molar-refractivity contribution < 1.29 is 9.47 Å². The first kappa shape index (κ1) is 22.7. The minimum absolute atomic E-state index is 0. The number of nitrogens with two attached hydrogens (primary N) is 1. The van der Waals surface area contributed by atoms with Crippen LogP contribution in [0, 0.1) is 0 Å². The lowest BCUT2D eigenvalue weighted by molar-refractivity contribution is 0.185. The van der Waals surface area contributed by atoms with E-state index in [-0.39, 0.29) is 24.0 Å². The van der Waals surface area contributed by atoms with E-state index in [4.69, 9.17) is 15.2 Å². The molecule has 29 heavy (non-hydrogen) atoms. The lowest BCUT2D eigenvalue weighted by atomic mass is 10.1. The van der Waals surface area contributed by atoms with Crippen molar-refractivity contribution in [3.8, 4) is 16.9 Å². The molecule has 0 saturated heterocycles. The Morgan fingerprint density at radius 3 is 2.41 bits per heavy atom. The maximum absolute atomic E-state index is 6.01. The second kappa shape index (κ2) is 12.1. The van der Waals surface area contributed by atoms with Crippen molar-refractivity contribution >= 4 is 35.6 Å². The van der Waals surface area contributed by atoms with Crippen molar-refractivity contribution in [1.29, 1.82) is 0 Å². The van der Waals surface area contributed by atoms with Crippen LogP contribution in [-0.4, -0.2) is 26.2 Å². The van der Waals surface area contributed by atoms with E-state index >= 15 is 0 Å². The van der Waals surface area contributed by atoms with Crippen molar-refractivity contribution in [2.24, 2.45) is 10.7 Å². The van der Waals surface area contributed by atoms with Crippen LogP contribution in [-0.2, 0) is 11.3 Å². The van der Waals surface area contributed by atoms with E-state index in [0.717, 1.165) is 28.1 Å². The lowest BCUT2D eigenvalue weighted by Crippen LogP contribution is -2.24. The molecule has 0 saturated carbocycles. The molecule has 3 aromatic carbocycles. The lowest BCUT2D eigenvalue weighted by Gasteiger charge is -2.12. The molecular formula is C23H26IN3O2. The van der Waals surface area contributed by atoms with Crippen LogP contribution in [0.25, 0.3) is 11.1 Å². The Morgan fingerprint density at radius 2 is 1.62 bits per heavy atom. The van der Waals surface area contributed by atoms with Crippen molar-refractivity contribution in [3.05, 3.63) is 84.4 Å². The Bertz CT molecular complexity index is 917. The predicted octanol–water partition coefficient (Wildman–Crippen LogP) is 4.92. The van der Waals surface area contributed by atoms with Gasteiger partial charge in [-0.05, 0) is 17.7 Å². The Hall–Kier alpha value is -2.58. The predicted molar refractivity (Wildman–Crippen MR) is 130 cm³/mol. The number of ether oxygens (including phenoxy) is 2. The Kier molecular flexibility index (Phi) is 9.46. The Morgan fingerprint density at radius 1 is 0.931 bits per heavy atom. The summed E-state index contributed by atoms with van der Waals surface area (Å²) in [6.45, 7) is 1.40. The molecule has 0 amide bonds. The molecule has 0 aliphatic heterocycles. The number of aliphatic imine (C=N–C) groups is 1. The topological polar surface area (TPSA) is 68.9 Å². The molecule has 3 aromatic rings. The molecule has 152 valence electrons. The van der Waals surface area contributed by atoms with Crippen molar-refractivity contribution in [2.75, 3.05) is 25.6 Å². The number of methoxy groups -OCH3 is 1. The number of rotatable bonds is 8. The maximum atomic E-state index is 6.01. The number of para-hydroxylation sites is 2. The van der Waals surface area contributed by atoms with Gasteiger partial charge in [0.15, 0.2) is 5.96 Å². The fourth-order valence-electron chi connectivity index (χ4n) is 2.87. The fraction of sp³-hybridized carbons (Fsp3) is 0.174. The number of anilines is 1. The highest BCUT2D eigenvalue weighted by Gasteiger charge is 2.05. The van der Waals surface area contributed by atoms with Gasteiger partial charge < -0.3 is 20.5 Å². The zero-order valence-corrected chi connectivity index (χ0v) is 18.7. The van der Waals surface area contributed by atoms with Gasteiger partial charge in [0.1, 0.15) is 12.4 Å². The summed E-state index contributed by atoms with van der Waals surface area (Å²) in [5.41, 5.74) is 10.1. The van der Waals surface area contributed by atoms with E-state index < -0.39 is 0 Å². The average molecular weight is 503 g/mol. The van der Waals surface area contributed by atoms with Crippen LogP contribution < -0.4 is 15.8 Å². The van der Waals surface area contributed by atoms with Gasteiger partial charge in [-0.2, -0.15) is 0 Å². The molecule has 5 nitrogen and oxygen atoms in total. The van der Waals surface area contributed by atoms with Gasteiger partial charge >= 0.3 is 0 Å². The Labute approximate surface area is 189 Å². The molecule has 0 unspecified atom stereocenters. The first-order valence-electron chi connectivity index (χ1n) is 9.19. The third-order valence-corrected chi connectivity index (χ3v) is 4.18. The highest BCUT2D eigenvalue weighted by Crippen LogP contribution is 2.29. The van der Waals surface area contributed by atoms with Gasteiger partial charge in [-0.15, -0.1) is 24.0 Å². The van der Waals surface area contributed by atoms with Gasteiger partial charge in [-0.1, -0.05) is 66.7 Å². The second-order valence-electron chi connectivity index (χ2n) is 6.19. The summed E-state index contributed by atoms with van der Waals surface area (Å²) >= 11 is 0. The van der Waals surface area contributed by atoms with Crippen molar-refractivity contribution in [2.45, 2.75) is 6.61 Å². The summed E-state index contributed by atoms with van der Waals surface area (Å²) in [7, 11) is 1.67. The molecule has 3 rings (SSSR count). The highest BCUT2D eigenvalue weighted by molar-refractivity contribution is 14.0. The van der Waals surface area contributed by atoms with Crippen molar-refractivity contribution in [1.82, 2.24) is 0 Å². The zero-order chi connectivity index (χ0) is 19.6. The standard InChI is InChI=1S/C23H25N3O2.HI/c1-27-17-19-11-5-7-13-21(19)26-23(24)25-15-16-28-22-14-8-6-12-20(22)18-9-3-2-4-10-18;/h2-14H,15-17H2,1H3,(H3,24,25,26);1H. The zero-order valence-electron chi connectivity index (χ0n) is 16.4. The molecular weight excluding hydrogens is 477 g/mol. The van der Waals surface area contributed by atoms with Crippen LogP contribution in [0.15, 0.2) is 83.9 Å². The smallest absolute Gasteiger partial charge is 0.193 e. The summed E-state index contributed by atoms with van der Waals surface area (Å²) in [5, 5.41) is 3.12. The van der Waals surface area contributed by atoms with Crippen molar-refractivity contribution in [3.63, 3.8) is 0 Å². The monoisotopic (exact) mass is 503 g/mol. The summed E-state index contributed by atoms with van der Waals surface area (Å²) in [4.78, 5) is 4.36. The third-order valence-electron chi connectivity index (χ3n) is 4.18. The first-order valence-corrected chi connectivity index (χ1v) is 9.19. The fourth-order valence-corrected chi connectivity index (χ4v) is 2.87. The number of hydrogen-bond donors (Lipinski definition) is 2. The van der Waals surface area contributed by atoms with Crippen LogP contribution >= 0.6 is 24.0 Å². The third kappa shape index (κ3) is 6.76. The van der Waals surface area contributed by atoms with Crippen LogP contribution in [0.5, 0.6) is 5.75 Å². The van der Waals surface area contributed by atoms with E-state index in [2.05, 4.69) is 28.5 Å². The minimum atomic E-state index is 0. The molecule has 0 aliphatic rings. The molecule has 0 spiro atoms. The summed E-state index contributed by atoms with van der Waals surface area (Å²) in [6.07, 6.45) is 0. The van der Waals surface area contributed by atoms with E-state index in [0.29, 0.717) is 25.7 Å². The molecule has 0 radical (unpaired) electrons. The molecule has 0 bridgehead atoms. The Balaban J connectivity index is 0.00000300. The van der Waals surface area contributed by atoms with Crippen LogP contribution in [0.4, 0.5) is 5.69 Å². The van der Waals surface area contributed by atoms with Gasteiger partial charge in [0.05, 0.1) is 13.2 Å². The number of hydrogen-bond acceptors (Lipinski definition) is 3. The number of halogens is 1. The maximum Gasteiger partial charge on any atom is 0.193 e. The van der Waals surface area contributed by atoms with Gasteiger partial charge in [-0.25, -0.2) is 4.99 Å². The number of nitrogens with one attached hydrogen (secondary N) is 1. The SMILES string of the molecule is COCc1ccccc1NC(N)=NCCOc1ccccc1-c1ccccc1.I. The molecule has 0 atom stereocenters. The summed E-state index contributed by atoms with van der Waals surface area (Å²) in [6, 6.07) is 26.0. The first-order chi connectivity index (χ1) is 13.8. The van der Waals surface area contributed by atoms with E-state index in [1.807, 2.05) is 60.7 Å². The van der Waals surface area contributed by atoms with Gasteiger partial charge in [0.25, 0.3) is 0 Å². The number of guanidine groups is 1. The largest absolute Gasteiger partial charge is 0.491 e. The van der Waals surface area contributed by atoms with Gasteiger partial charge in [0.2, 0.25) is 0 Å². The molecule has 0 aromatic heterocycles. The molecule has 3 N–H and O–H groups in total. The quantitative estimate of drug-likeness (QED) is 0.198. The van der Waals surface area contributed by atoms with Gasteiger partial charge in [0, 0.05) is 23.9 Å². The number of nitrogens with zero attached hydrogens (tertiary/aromatic N) is 1. The average Bonchev–Trinajstić information content (AvgIpc) is 2.74. The summed E-state index contributed by atoms with van der Waals surface area (Å²) < 4.78 is 11.1. The number of benzene rings is 3. The van der Waals surface area contributed by atoms with Gasteiger partial charge in [-0.3, -0.25) is 0 Å². The highest BCUT2D eigenvalue weighted by atomic mass is 127. The molecule has 0 aliphatic carbocycles. The van der Waals surface area contributed by atoms with Crippen LogP contribution in [0.2, 0.25) is 0 Å². The van der Waals surface area contributed by atoms with Crippen LogP contribution in [0.1, 0.15) is 5.56 Å². The molecule has 6 heteroatoms. The van der Waals surface area contributed by atoms with E-state index in [9.17, 15) is 0 Å². The second-order valence-corrected chi connectivity index (χ2v) is 6.19. The normalized spacial score (nSPS) is 10.9. The minimum Gasteiger partial charge on any atom is -0.491 e. The summed E-state index contributed by atoms with van der Waals surface area (Å²) in [5.74, 6) is 1.18. The van der Waals surface area contributed by atoms with E-state index in [1.54, 1.807) is 7.11 Å². The van der Waals surface area contributed by atoms with Crippen LogP contribution in [0.3, 0.4) is 0 Å². The molecule has 0 fully saturated rings.